The molecule has 0 radical (unpaired) electrons. The molecule has 2 atom stereocenters. The van der Waals surface area contributed by atoms with Crippen LogP contribution >= 0.6 is 11.8 Å². The van der Waals surface area contributed by atoms with Gasteiger partial charge in [-0.2, -0.15) is 0 Å². The SMILES string of the molecule is COC1CCCC(Sc2nnc(CN)n2C(C)C)C1. The number of hydrogen-bond acceptors (Lipinski definition) is 5. The zero-order chi connectivity index (χ0) is 13.8. The van der Waals surface area contributed by atoms with Crippen molar-refractivity contribution in [2.24, 2.45) is 5.73 Å². The van der Waals surface area contributed by atoms with E-state index in [1.807, 2.05) is 11.8 Å². The number of hydrogen-bond donors (Lipinski definition) is 1. The summed E-state index contributed by atoms with van der Waals surface area (Å²) in [5, 5.41) is 10.1. The molecule has 1 aliphatic carbocycles. The molecular formula is C13H24N4OS. The van der Waals surface area contributed by atoms with Crippen molar-refractivity contribution in [1.82, 2.24) is 14.8 Å². The van der Waals surface area contributed by atoms with Crippen molar-refractivity contribution in [2.45, 2.75) is 68.6 Å². The number of nitrogens with two attached hydrogens (primary N) is 1. The summed E-state index contributed by atoms with van der Waals surface area (Å²) in [6, 6.07) is 0.345. The molecule has 0 aliphatic heterocycles. The molecule has 0 saturated heterocycles. The van der Waals surface area contributed by atoms with Gasteiger partial charge in [-0.1, -0.05) is 11.8 Å². The minimum absolute atomic E-state index is 0.345. The van der Waals surface area contributed by atoms with Crippen LogP contribution in [0.5, 0.6) is 0 Å². The summed E-state index contributed by atoms with van der Waals surface area (Å²) >= 11 is 1.83. The molecule has 0 aromatic carbocycles. The van der Waals surface area contributed by atoms with Gasteiger partial charge in [-0.3, -0.25) is 0 Å². The van der Waals surface area contributed by atoms with E-state index in [2.05, 4.69) is 28.6 Å². The molecule has 1 heterocycles. The van der Waals surface area contributed by atoms with E-state index >= 15 is 0 Å². The van der Waals surface area contributed by atoms with Crippen molar-refractivity contribution in [3.05, 3.63) is 5.82 Å². The summed E-state index contributed by atoms with van der Waals surface area (Å²) in [4.78, 5) is 0. The Kier molecular flexibility index (Phi) is 5.24. The predicted molar refractivity (Wildman–Crippen MR) is 77.2 cm³/mol. The second-order valence-corrected chi connectivity index (χ2v) is 6.60. The first-order chi connectivity index (χ1) is 9.15. The fraction of sp³-hybridized carbons (Fsp3) is 0.846. The third-order valence-corrected chi connectivity index (χ3v) is 4.87. The van der Waals surface area contributed by atoms with Gasteiger partial charge in [0.05, 0.1) is 12.6 Å². The molecule has 6 heteroatoms. The molecule has 2 N–H and O–H groups in total. The standard InChI is InChI=1S/C13H24N4OS/c1-9(2)17-12(8-14)15-16-13(17)19-11-6-4-5-10(7-11)18-3/h9-11H,4-8,14H2,1-3H3. The number of thioether (sulfide) groups is 1. The van der Waals surface area contributed by atoms with Gasteiger partial charge in [-0.25, -0.2) is 0 Å². The maximum Gasteiger partial charge on any atom is 0.191 e. The van der Waals surface area contributed by atoms with Crippen molar-refractivity contribution in [1.29, 1.82) is 0 Å². The van der Waals surface area contributed by atoms with E-state index < -0.39 is 0 Å². The topological polar surface area (TPSA) is 66.0 Å². The van der Waals surface area contributed by atoms with Gasteiger partial charge in [0.1, 0.15) is 5.82 Å². The van der Waals surface area contributed by atoms with Crippen LogP contribution in [0, 0.1) is 0 Å². The molecule has 108 valence electrons. The third kappa shape index (κ3) is 3.49. The lowest BCUT2D eigenvalue weighted by Gasteiger charge is -2.27. The van der Waals surface area contributed by atoms with E-state index in [-0.39, 0.29) is 0 Å². The van der Waals surface area contributed by atoms with E-state index in [0.29, 0.717) is 23.9 Å². The number of aromatic nitrogens is 3. The summed E-state index contributed by atoms with van der Waals surface area (Å²) < 4.78 is 7.64. The number of ether oxygens (including phenoxy) is 1. The Bertz CT molecular complexity index is 407. The average Bonchev–Trinajstić information content (AvgIpc) is 2.82. The zero-order valence-electron chi connectivity index (χ0n) is 12.0. The highest BCUT2D eigenvalue weighted by Crippen LogP contribution is 2.34. The Morgan fingerprint density at radius 2 is 2.21 bits per heavy atom. The van der Waals surface area contributed by atoms with Crippen LogP contribution in [0.25, 0.3) is 0 Å². The number of nitrogens with zero attached hydrogens (tertiary/aromatic N) is 3. The molecule has 0 amide bonds. The van der Waals surface area contributed by atoms with E-state index in [9.17, 15) is 0 Å². The third-order valence-electron chi connectivity index (χ3n) is 3.62. The molecule has 1 aliphatic rings. The first kappa shape index (κ1) is 14.8. The number of methoxy groups -OCH3 is 1. The smallest absolute Gasteiger partial charge is 0.191 e. The highest BCUT2D eigenvalue weighted by molar-refractivity contribution is 7.99. The van der Waals surface area contributed by atoms with Crippen molar-refractivity contribution in [3.8, 4) is 0 Å². The minimum atomic E-state index is 0.345. The first-order valence-corrected chi connectivity index (χ1v) is 7.87. The largest absolute Gasteiger partial charge is 0.381 e. The molecule has 5 nitrogen and oxygen atoms in total. The lowest BCUT2D eigenvalue weighted by molar-refractivity contribution is 0.0730. The molecule has 0 spiro atoms. The van der Waals surface area contributed by atoms with Gasteiger partial charge in [0.15, 0.2) is 5.16 Å². The molecule has 2 unspecified atom stereocenters. The zero-order valence-corrected chi connectivity index (χ0v) is 12.8. The van der Waals surface area contributed by atoms with Crippen molar-refractivity contribution in [3.63, 3.8) is 0 Å². The van der Waals surface area contributed by atoms with Gasteiger partial charge < -0.3 is 15.0 Å². The highest BCUT2D eigenvalue weighted by Gasteiger charge is 2.25. The first-order valence-electron chi connectivity index (χ1n) is 6.99. The lowest BCUT2D eigenvalue weighted by atomic mass is 9.97. The Hall–Kier alpha value is -0.590. The van der Waals surface area contributed by atoms with E-state index in [1.165, 1.54) is 19.3 Å². The molecule has 1 aromatic rings. The van der Waals surface area contributed by atoms with E-state index in [0.717, 1.165) is 17.4 Å². The quantitative estimate of drug-likeness (QED) is 0.899. The van der Waals surface area contributed by atoms with Crippen molar-refractivity contribution >= 4 is 11.8 Å². The van der Waals surface area contributed by atoms with Crippen molar-refractivity contribution in [2.75, 3.05) is 7.11 Å². The Morgan fingerprint density at radius 1 is 1.42 bits per heavy atom. The fourth-order valence-corrected chi connectivity index (χ4v) is 4.03. The van der Waals surface area contributed by atoms with Gasteiger partial charge in [-0.05, 0) is 39.5 Å². The van der Waals surface area contributed by atoms with Crippen LogP contribution in [-0.4, -0.2) is 33.2 Å². The van der Waals surface area contributed by atoms with Crippen LogP contribution in [0.2, 0.25) is 0 Å². The van der Waals surface area contributed by atoms with E-state index in [4.69, 9.17) is 10.5 Å². The van der Waals surface area contributed by atoms with Crippen molar-refractivity contribution < 1.29 is 4.74 Å². The molecule has 1 fully saturated rings. The molecule has 1 aromatic heterocycles. The predicted octanol–water partition coefficient (Wildman–Crippen LogP) is 2.37. The van der Waals surface area contributed by atoms with Crippen LogP contribution in [0.4, 0.5) is 0 Å². The summed E-state index contributed by atoms with van der Waals surface area (Å²) in [5.74, 6) is 0.872. The van der Waals surface area contributed by atoms with Crippen LogP contribution < -0.4 is 5.73 Å². The van der Waals surface area contributed by atoms with Crippen LogP contribution in [0.15, 0.2) is 5.16 Å². The molecule has 0 bridgehead atoms. The van der Waals surface area contributed by atoms with Crippen LogP contribution in [0.3, 0.4) is 0 Å². The molecule has 1 saturated carbocycles. The van der Waals surface area contributed by atoms with E-state index in [1.54, 1.807) is 7.11 Å². The fourth-order valence-electron chi connectivity index (χ4n) is 2.62. The maximum absolute atomic E-state index is 5.73. The highest BCUT2D eigenvalue weighted by atomic mass is 32.2. The molecule has 19 heavy (non-hydrogen) atoms. The summed E-state index contributed by atoms with van der Waals surface area (Å²) in [7, 11) is 1.81. The second kappa shape index (κ2) is 6.72. The Balaban J connectivity index is 2.08. The van der Waals surface area contributed by atoms with Gasteiger partial charge in [0.25, 0.3) is 0 Å². The van der Waals surface area contributed by atoms with Gasteiger partial charge in [0, 0.05) is 18.4 Å². The lowest BCUT2D eigenvalue weighted by Crippen LogP contribution is -2.23. The molecular weight excluding hydrogens is 260 g/mol. The second-order valence-electron chi connectivity index (χ2n) is 5.33. The Morgan fingerprint density at radius 3 is 2.84 bits per heavy atom. The summed E-state index contributed by atoms with van der Waals surface area (Å²) in [6.07, 6.45) is 5.14. The van der Waals surface area contributed by atoms with Crippen LogP contribution in [0.1, 0.15) is 51.4 Å². The van der Waals surface area contributed by atoms with Gasteiger partial charge in [-0.15, -0.1) is 10.2 Å². The van der Waals surface area contributed by atoms with Gasteiger partial charge in [0.2, 0.25) is 0 Å². The van der Waals surface area contributed by atoms with Crippen LogP contribution in [-0.2, 0) is 11.3 Å². The maximum atomic E-state index is 5.73. The monoisotopic (exact) mass is 284 g/mol. The normalized spacial score (nSPS) is 24.1. The Labute approximate surface area is 119 Å². The average molecular weight is 284 g/mol. The number of rotatable bonds is 5. The summed E-state index contributed by atoms with van der Waals surface area (Å²) in [5.41, 5.74) is 5.73. The molecule has 2 rings (SSSR count). The van der Waals surface area contributed by atoms with Gasteiger partial charge >= 0.3 is 0 Å². The summed E-state index contributed by atoms with van der Waals surface area (Å²) in [6.45, 7) is 4.73. The minimum Gasteiger partial charge on any atom is -0.381 e.